The molecule has 0 rings (SSSR count). The molecule has 0 aromatic rings. The van der Waals surface area contributed by atoms with E-state index in [0.29, 0.717) is 13.0 Å². The Bertz CT molecular complexity index is 256. The molecule has 6 heteroatoms. The molecule has 3 nitrogen and oxygen atoms in total. The molecule has 0 aliphatic carbocycles. The first-order valence-corrected chi connectivity index (χ1v) is 6.11. The van der Waals surface area contributed by atoms with Crippen LogP contribution in [-0.4, -0.2) is 31.3 Å². The summed E-state index contributed by atoms with van der Waals surface area (Å²) in [5, 5.41) is 3.13. The zero-order valence-electron chi connectivity index (χ0n) is 11.2. The molecule has 108 valence electrons. The number of carbonyl (C=O) groups excluding carboxylic acids is 1. The third kappa shape index (κ3) is 8.33. The first-order chi connectivity index (χ1) is 8.22. The molecule has 0 bridgehead atoms. The van der Waals surface area contributed by atoms with Crippen molar-refractivity contribution in [2.45, 2.75) is 57.7 Å². The Balaban J connectivity index is 4.32. The Kier molecular flexibility index (Phi) is 7.28. The minimum Gasteiger partial charge on any atom is -0.469 e. The molecule has 0 saturated heterocycles. The van der Waals surface area contributed by atoms with Crippen molar-refractivity contribution in [1.29, 1.82) is 0 Å². The van der Waals surface area contributed by atoms with Crippen LogP contribution in [0.5, 0.6) is 0 Å². The summed E-state index contributed by atoms with van der Waals surface area (Å²) in [6, 6.07) is 0. The predicted molar refractivity (Wildman–Crippen MR) is 63.2 cm³/mol. The standard InChI is InChI=1S/C12H22F3NO2/c1-4-8-16-11(2,9-10(17)18-3)6-5-7-12(13,14)15/h16H,4-9H2,1-3H3. The van der Waals surface area contributed by atoms with Crippen molar-refractivity contribution in [3.63, 3.8) is 0 Å². The number of hydrogen-bond acceptors (Lipinski definition) is 3. The summed E-state index contributed by atoms with van der Waals surface area (Å²) >= 11 is 0. The van der Waals surface area contributed by atoms with Crippen LogP contribution in [0.1, 0.15) is 46.0 Å². The number of methoxy groups -OCH3 is 1. The van der Waals surface area contributed by atoms with Crippen LogP contribution < -0.4 is 5.32 Å². The Labute approximate surface area is 106 Å². The van der Waals surface area contributed by atoms with E-state index in [0.717, 1.165) is 6.42 Å². The van der Waals surface area contributed by atoms with Crippen molar-refractivity contribution in [1.82, 2.24) is 5.32 Å². The number of nitrogens with one attached hydrogen (secondary N) is 1. The molecule has 0 heterocycles. The number of alkyl halides is 3. The quantitative estimate of drug-likeness (QED) is 0.688. The third-order valence-corrected chi connectivity index (χ3v) is 2.75. The lowest BCUT2D eigenvalue weighted by Gasteiger charge is -2.30. The molecular formula is C12H22F3NO2. The lowest BCUT2D eigenvalue weighted by atomic mass is 9.90. The Morgan fingerprint density at radius 3 is 2.33 bits per heavy atom. The topological polar surface area (TPSA) is 38.3 Å². The number of rotatable bonds is 8. The highest BCUT2D eigenvalue weighted by molar-refractivity contribution is 5.70. The minimum atomic E-state index is -4.14. The van der Waals surface area contributed by atoms with E-state index in [1.54, 1.807) is 6.92 Å². The van der Waals surface area contributed by atoms with Crippen LogP contribution >= 0.6 is 0 Å². The van der Waals surface area contributed by atoms with Crippen molar-refractivity contribution in [3.05, 3.63) is 0 Å². The summed E-state index contributed by atoms with van der Waals surface area (Å²) in [4.78, 5) is 11.3. The van der Waals surface area contributed by atoms with E-state index in [2.05, 4.69) is 10.1 Å². The number of carbonyl (C=O) groups is 1. The fourth-order valence-electron chi connectivity index (χ4n) is 1.74. The molecule has 1 unspecified atom stereocenters. The van der Waals surface area contributed by atoms with Gasteiger partial charge in [-0.3, -0.25) is 4.79 Å². The van der Waals surface area contributed by atoms with Crippen molar-refractivity contribution in [2.24, 2.45) is 0 Å². The van der Waals surface area contributed by atoms with E-state index in [4.69, 9.17) is 0 Å². The van der Waals surface area contributed by atoms with Gasteiger partial charge in [-0.25, -0.2) is 0 Å². The normalized spacial score (nSPS) is 15.2. The van der Waals surface area contributed by atoms with Gasteiger partial charge < -0.3 is 10.1 Å². The second-order valence-corrected chi connectivity index (χ2v) is 4.71. The summed E-state index contributed by atoms with van der Waals surface area (Å²) in [6.07, 6.45) is -3.72. The van der Waals surface area contributed by atoms with Crippen LogP contribution in [0.2, 0.25) is 0 Å². The molecule has 0 aliphatic heterocycles. The molecule has 0 aromatic heterocycles. The third-order valence-electron chi connectivity index (χ3n) is 2.75. The van der Waals surface area contributed by atoms with Crippen LogP contribution in [0.3, 0.4) is 0 Å². The summed E-state index contributed by atoms with van der Waals surface area (Å²) in [6.45, 7) is 4.39. The first-order valence-electron chi connectivity index (χ1n) is 6.11. The number of halogens is 3. The Hall–Kier alpha value is -0.780. The second-order valence-electron chi connectivity index (χ2n) is 4.71. The van der Waals surface area contributed by atoms with Gasteiger partial charge in [0.25, 0.3) is 0 Å². The highest BCUT2D eigenvalue weighted by atomic mass is 19.4. The van der Waals surface area contributed by atoms with Crippen molar-refractivity contribution < 1.29 is 22.7 Å². The van der Waals surface area contributed by atoms with Gasteiger partial charge in [-0.1, -0.05) is 6.92 Å². The van der Waals surface area contributed by atoms with E-state index < -0.39 is 24.1 Å². The molecule has 1 N–H and O–H groups in total. The summed E-state index contributed by atoms with van der Waals surface area (Å²) < 4.78 is 40.9. The van der Waals surface area contributed by atoms with E-state index in [9.17, 15) is 18.0 Å². The highest BCUT2D eigenvalue weighted by Crippen LogP contribution is 2.26. The maximum absolute atomic E-state index is 12.1. The number of esters is 1. The minimum absolute atomic E-state index is 0.00765. The summed E-state index contributed by atoms with van der Waals surface area (Å²) in [5.74, 6) is -0.409. The average molecular weight is 269 g/mol. The van der Waals surface area contributed by atoms with Gasteiger partial charge in [0.05, 0.1) is 13.5 Å². The SMILES string of the molecule is CCCNC(C)(CCCC(F)(F)F)CC(=O)OC. The van der Waals surface area contributed by atoms with Gasteiger partial charge in [0, 0.05) is 12.0 Å². The zero-order valence-corrected chi connectivity index (χ0v) is 11.2. The van der Waals surface area contributed by atoms with Gasteiger partial charge in [0.2, 0.25) is 0 Å². The number of ether oxygens (including phenoxy) is 1. The highest BCUT2D eigenvalue weighted by Gasteiger charge is 2.31. The van der Waals surface area contributed by atoms with E-state index >= 15 is 0 Å². The van der Waals surface area contributed by atoms with E-state index in [1.807, 2.05) is 6.92 Å². The molecule has 0 radical (unpaired) electrons. The summed E-state index contributed by atoms with van der Waals surface area (Å²) in [7, 11) is 1.28. The molecule has 0 amide bonds. The van der Waals surface area contributed by atoms with Gasteiger partial charge in [0.1, 0.15) is 0 Å². The van der Waals surface area contributed by atoms with Crippen LogP contribution in [-0.2, 0) is 9.53 Å². The van der Waals surface area contributed by atoms with Crippen LogP contribution in [0, 0.1) is 0 Å². The lowest BCUT2D eigenvalue weighted by molar-refractivity contribution is -0.142. The zero-order chi connectivity index (χ0) is 14.2. The van der Waals surface area contributed by atoms with E-state index in [1.165, 1.54) is 7.11 Å². The fourth-order valence-corrected chi connectivity index (χ4v) is 1.74. The molecule has 1 atom stereocenters. The van der Waals surface area contributed by atoms with Gasteiger partial charge in [-0.2, -0.15) is 13.2 Å². The average Bonchev–Trinajstić information content (AvgIpc) is 2.24. The van der Waals surface area contributed by atoms with Gasteiger partial charge in [0.15, 0.2) is 0 Å². The van der Waals surface area contributed by atoms with Gasteiger partial charge >= 0.3 is 12.1 Å². The Morgan fingerprint density at radius 1 is 1.28 bits per heavy atom. The molecule has 0 aliphatic rings. The fraction of sp³-hybridized carbons (Fsp3) is 0.917. The van der Waals surface area contributed by atoms with Crippen LogP contribution in [0.25, 0.3) is 0 Å². The van der Waals surface area contributed by atoms with Crippen molar-refractivity contribution in [3.8, 4) is 0 Å². The van der Waals surface area contributed by atoms with Crippen LogP contribution in [0.15, 0.2) is 0 Å². The van der Waals surface area contributed by atoms with E-state index in [-0.39, 0.29) is 12.8 Å². The largest absolute Gasteiger partial charge is 0.469 e. The van der Waals surface area contributed by atoms with Crippen LogP contribution in [0.4, 0.5) is 13.2 Å². The maximum atomic E-state index is 12.1. The molecule has 0 aromatic carbocycles. The number of hydrogen-bond donors (Lipinski definition) is 1. The monoisotopic (exact) mass is 269 g/mol. The van der Waals surface area contributed by atoms with Crippen molar-refractivity contribution in [2.75, 3.05) is 13.7 Å². The van der Waals surface area contributed by atoms with Gasteiger partial charge in [-0.15, -0.1) is 0 Å². The molecule has 0 fully saturated rings. The maximum Gasteiger partial charge on any atom is 0.389 e. The van der Waals surface area contributed by atoms with Crippen molar-refractivity contribution >= 4 is 5.97 Å². The molecule has 0 spiro atoms. The summed E-state index contributed by atoms with van der Waals surface area (Å²) in [5.41, 5.74) is -0.631. The predicted octanol–water partition coefficient (Wildman–Crippen LogP) is 3.04. The molecule has 18 heavy (non-hydrogen) atoms. The Morgan fingerprint density at radius 2 is 1.89 bits per heavy atom. The lowest BCUT2D eigenvalue weighted by Crippen LogP contribution is -2.44. The smallest absolute Gasteiger partial charge is 0.389 e. The van der Waals surface area contributed by atoms with Gasteiger partial charge in [-0.05, 0) is 32.7 Å². The second kappa shape index (κ2) is 7.61. The first kappa shape index (κ1) is 17.2. The molecule has 0 saturated carbocycles. The molecular weight excluding hydrogens is 247 g/mol.